The summed E-state index contributed by atoms with van der Waals surface area (Å²) in [5.41, 5.74) is -2.75. The molecule has 1 aliphatic heterocycles. The van der Waals surface area contributed by atoms with Crippen LogP contribution in [-0.4, -0.2) is 71.1 Å². The van der Waals surface area contributed by atoms with Crippen molar-refractivity contribution in [2.75, 3.05) is 26.3 Å². The molecule has 9 heteroatoms. The minimum atomic E-state index is -1.25. The number of allylic oxidation sites excluding steroid dienone is 4. The zero-order chi connectivity index (χ0) is 32.7. The lowest BCUT2D eigenvalue weighted by Gasteiger charge is -2.71. The standard InChI is InChI=1S/C37H47F2NO6/c1-4-45-32(43)40(21-25-6-5-17-46-25)22-36(44)14-11-30-34(36,3)13-10-29-33(2)12-9-24(41)19-35(33)15-16-37(29,30)26(20-35)31(42)23-7-8-27(38)28(39)18-23/h7-8,15-16,18,20,24-25,29-30,41,44H,4-6,9-14,17,19,21-22H2,1-3H3/t24?,25-,29-,30-,33-,34+,35+,36-,37-/m1/s1. The van der Waals surface area contributed by atoms with Crippen LogP contribution < -0.4 is 0 Å². The van der Waals surface area contributed by atoms with Gasteiger partial charge in [0.25, 0.3) is 0 Å². The quantitative estimate of drug-likeness (QED) is 0.266. The van der Waals surface area contributed by atoms with Crippen LogP contribution in [0, 0.1) is 45.1 Å². The van der Waals surface area contributed by atoms with Crippen molar-refractivity contribution in [3.8, 4) is 0 Å². The lowest BCUT2D eigenvalue weighted by molar-refractivity contribution is -0.175. The number of ether oxygens (including phenoxy) is 2. The molecule has 7 nitrogen and oxygen atoms in total. The van der Waals surface area contributed by atoms with Gasteiger partial charge in [0.05, 0.1) is 37.5 Å². The van der Waals surface area contributed by atoms with E-state index in [0.29, 0.717) is 50.8 Å². The maximum atomic E-state index is 14.5. The molecular weight excluding hydrogens is 592 g/mol. The highest BCUT2D eigenvalue weighted by Gasteiger charge is 2.74. The molecule has 250 valence electrons. The number of rotatable bonds is 7. The van der Waals surface area contributed by atoms with Gasteiger partial charge in [-0.25, -0.2) is 13.6 Å². The van der Waals surface area contributed by atoms with Crippen LogP contribution in [0.15, 0.2) is 42.0 Å². The number of benzene rings is 1. The molecule has 1 unspecified atom stereocenters. The molecule has 1 aromatic carbocycles. The number of carbonyl (C=O) groups is 2. The van der Waals surface area contributed by atoms with E-state index in [0.717, 1.165) is 37.8 Å². The summed E-state index contributed by atoms with van der Waals surface area (Å²) in [5.74, 6) is -2.49. The zero-order valence-corrected chi connectivity index (χ0v) is 27.2. The molecule has 2 N–H and O–H groups in total. The average molecular weight is 640 g/mol. The first-order valence-electron chi connectivity index (χ1n) is 17.2. The normalized spacial score (nSPS) is 42.2. The van der Waals surface area contributed by atoms with Crippen LogP contribution in [0.4, 0.5) is 13.6 Å². The number of ketones is 1. The van der Waals surface area contributed by atoms with Crippen LogP contribution in [0.1, 0.15) is 88.9 Å². The smallest absolute Gasteiger partial charge is 0.409 e. The molecule has 3 saturated carbocycles. The number of aliphatic hydroxyl groups is 2. The van der Waals surface area contributed by atoms with Crippen molar-refractivity contribution in [2.24, 2.45) is 33.5 Å². The van der Waals surface area contributed by atoms with Crippen molar-refractivity contribution in [2.45, 2.75) is 96.4 Å². The van der Waals surface area contributed by atoms with Gasteiger partial charge >= 0.3 is 6.09 Å². The Bertz CT molecular complexity index is 1490. The van der Waals surface area contributed by atoms with Crippen LogP contribution in [0.5, 0.6) is 0 Å². The highest BCUT2D eigenvalue weighted by molar-refractivity contribution is 6.10. The molecule has 1 saturated heterocycles. The van der Waals surface area contributed by atoms with E-state index < -0.39 is 45.7 Å². The van der Waals surface area contributed by atoms with Gasteiger partial charge in [0.2, 0.25) is 0 Å². The van der Waals surface area contributed by atoms with Gasteiger partial charge in [0.15, 0.2) is 17.4 Å². The predicted octanol–water partition coefficient (Wildman–Crippen LogP) is 6.38. The summed E-state index contributed by atoms with van der Waals surface area (Å²) >= 11 is 0. The van der Waals surface area contributed by atoms with Gasteiger partial charge in [-0.05, 0) is 100 Å². The second-order valence-electron chi connectivity index (χ2n) is 15.5. The Morgan fingerprint density at radius 2 is 1.76 bits per heavy atom. The van der Waals surface area contributed by atoms with Crippen LogP contribution in [0.25, 0.3) is 0 Å². The molecule has 0 radical (unpaired) electrons. The lowest BCUT2D eigenvalue weighted by atomic mass is 9.32. The van der Waals surface area contributed by atoms with Gasteiger partial charge < -0.3 is 24.6 Å². The van der Waals surface area contributed by atoms with Crippen molar-refractivity contribution in [3.63, 3.8) is 0 Å². The Kier molecular flexibility index (Phi) is 7.61. The van der Waals surface area contributed by atoms with Gasteiger partial charge in [-0.3, -0.25) is 4.79 Å². The fourth-order valence-electron chi connectivity index (χ4n) is 11.2. The Hall–Kier alpha value is -2.62. The Balaban J connectivity index is 1.31. The highest BCUT2D eigenvalue weighted by Crippen LogP contribution is 2.78. The SMILES string of the molecule is CCOC(=O)N(C[C@H]1CCCO1)C[C@]1(O)CC[C@H]2[C@]34C=C[C@@]5(C=C3C(=O)c3ccc(F)c(F)c3)CC(O)CC[C@]5(C)[C@H]4CC[C@@]21C. The molecule has 2 bridgehead atoms. The Morgan fingerprint density at radius 1 is 1.02 bits per heavy atom. The monoisotopic (exact) mass is 639 g/mol. The number of nitrogens with zero attached hydrogens (tertiary/aromatic N) is 1. The molecule has 1 heterocycles. The minimum Gasteiger partial charge on any atom is -0.450 e. The molecule has 1 amide bonds. The number of amides is 1. The van der Waals surface area contributed by atoms with Gasteiger partial charge in [0.1, 0.15) is 0 Å². The van der Waals surface area contributed by atoms with Gasteiger partial charge in [-0.1, -0.05) is 32.1 Å². The largest absolute Gasteiger partial charge is 0.450 e. The third-order valence-electron chi connectivity index (χ3n) is 13.6. The van der Waals surface area contributed by atoms with Crippen LogP contribution in [0.2, 0.25) is 0 Å². The summed E-state index contributed by atoms with van der Waals surface area (Å²) in [4.78, 5) is 29.4. The molecule has 2 spiro atoms. The van der Waals surface area contributed by atoms with Gasteiger partial charge in [0, 0.05) is 34.0 Å². The van der Waals surface area contributed by atoms with Crippen LogP contribution in [-0.2, 0) is 9.47 Å². The minimum absolute atomic E-state index is 0.0558. The first-order chi connectivity index (χ1) is 21.8. The molecule has 46 heavy (non-hydrogen) atoms. The topological polar surface area (TPSA) is 96.3 Å². The van der Waals surface area contributed by atoms with Crippen LogP contribution >= 0.6 is 0 Å². The van der Waals surface area contributed by atoms with Crippen molar-refractivity contribution >= 4 is 11.9 Å². The molecule has 0 aromatic heterocycles. The Morgan fingerprint density at radius 3 is 2.48 bits per heavy atom. The summed E-state index contributed by atoms with van der Waals surface area (Å²) < 4.78 is 39.8. The molecule has 4 fully saturated rings. The van der Waals surface area contributed by atoms with Crippen molar-refractivity contribution in [3.05, 3.63) is 59.2 Å². The van der Waals surface area contributed by atoms with E-state index >= 15 is 0 Å². The maximum absolute atomic E-state index is 14.5. The fourth-order valence-corrected chi connectivity index (χ4v) is 11.2. The second kappa shape index (κ2) is 11.0. The summed E-state index contributed by atoms with van der Waals surface area (Å²) in [6.45, 7) is 7.51. The number of carbonyl (C=O) groups excluding carboxylic acids is 2. The Labute approximate surface area is 270 Å². The summed E-state index contributed by atoms with van der Waals surface area (Å²) in [7, 11) is 0. The average Bonchev–Trinajstić information content (AvgIpc) is 3.63. The zero-order valence-electron chi connectivity index (χ0n) is 27.2. The first kappa shape index (κ1) is 32.0. The van der Waals surface area contributed by atoms with Gasteiger partial charge in [-0.2, -0.15) is 0 Å². The maximum Gasteiger partial charge on any atom is 0.409 e. The third-order valence-corrected chi connectivity index (χ3v) is 13.6. The molecule has 9 atom stereocenters. The van der Waals surface area contributed by atoms with Crippen molar-refractivity contribution < 1.29 is 38.1 Å². The molecule has 1 aromatic rings. The number of fused-ring (bicyclic) bond motifs is 1. The summed E-state index contributed by atoms with van der Waals surface area (Å²) in [5, 5.41) is 23.6. The van der Waals surface area contributed by atoms with E-state index in [1.54, 1.807) is 11.8 Å². The highest BCUT2D eigenvalue weighted by atomic mass is 19.2. The number of hydrogen-bond donors (Lipinski definition) is 2. The third kappa shape index (κ3) is 4.36. The first-order valence-corrected chi connectivity index (χ1v) is 17.2. The van der Waals surface area contributed by atoms with Gasteiger partial charge in [-0.15, -0.1) is 0 Å². The second-order valence-corrected chi connectivity index (χ2v) is 15.5. The molecule has 6 aliphatic carbocycles. The lowest BCUT2D eigenvalue weighted by Crippen LogP contribution is -2.67. The van der Waals surface area contributed by atoms with E-state index in [1.165, 1.54) is 6.07 Å². The molecular formula is C37H47F2NO6. The van der Waals surface area contributed by atoms with E-state index in [1.807, 2.05) is 0 Å². The van der Waals surface area contributed by atoms with E-state index in [-0.39, 0.29) is 47.9 Å². The van der Waals surface area contributed by atoms with Crippen molar-refractivity contribution in [1.82, 2.24) is 4.90 Å². The van der Waals surface area contributed by atoms with Crippen LogP contribution in [0.3, 0.4) is 0 Å². The molecule has 8 rings (SSSR count). The van der Waals surface area contributed by atoms with E-state index in [4.69, 9.17) is 9.47 Å². The van der Waals surface area contributed by atoms with E-state index in [9.17, 15) is 28.6 Å². The predicted molar refractivity (Wildman–Crippen MR) is 167 cm³/mol. The van der Waals surface area contributed by atoms with E-state index in [2.05, 4.69) is 32.1 Å². The number of Topliss-reactive ketones (excluding diaryl/α,β-unsaturated/α-hetero) is 1. The number of hydrogen-bond acceptors (Lipinski definition) is 6. The molecule has 7 aliphatic rings. The summed E-state index contributed by atoms with van der Waals surface area (Å²) in [6.07, 6.45) is 11.7. The summed E-state index contributed by atoms with van der Waals surface area (Å²) in [6, 6.07) is 3.33. The van der Waals surface area contributed by atoms with Crippen molar-refractivity contribution in [1.29, 1.82) is 0 Å². The fraction of sp³-hybridized carbons (Fsp3) is 0.676. The number of aliphatic hydroxyl groups excluding tert-OH is 1. The number of halogens is 2.